The fraction of sp³-hybridized carbons (Fsp3) is 0. The van der Waals surface area contributed by atoms with E-state index in [4.69, 9.17) is 4.74 Å². The monoisotopic (exact) mass is 634 g/mol. The van der Waals surface area contributed by atoms with Crippen molar-refractivity contribution in [3.63, 3.8) is 0 Å². The Labute approximate surface area is 349 Å². The van der Waals surface area contributed by atoms with Gasteiger partial charge in [0.05, 0.1) is 0 Å². The predicted octanol–water partition coefficient (Wildman–Crippen LogP) is 3.31. The second-order valence-electron chi connectivity index (χ2n) is 10.2. The molecule has 0 unspecified atom stereocenters. The van der Waals surface area contributed by atoms with Crippen LogP contribution in [0.25, 0.3) is 46.6 Å². The number of hydrogen-bond donors (Lipinski definition) is 0. The van der Waals surface area contributed by atoms with Crippen LogP contribution in [0.2, 0.25) is 0 Å². The summed E-state index contributed by atoms with van der Waals surface area (Å²) in [6.45, 7) is 0. The van der Waals surface area contributed by atoms with Gasteiger partial charge in [0, 0.05) is 0 Å². The minimum Gasteiger partial charge on any atom is -0.870 e. The van der Waals surface area contributed by atoms with Crippen molar-refractivity contribution in [1.82, 2.24) is 0 Å². The summed E-state index contributed by atoms with van der Waals surface area (Å²) >= 11 is 0. The van der Waals surface area contributed by atoms with Crippen molar-refractivity contribution in [3.05, 3.63) is 168 Å². The van der Waals surface area contributed by atoms with E-state index in [1.165, 1.54) is 12.1 Å². The summed E-state index contributed by atoms with van der Waals surface area (Å²) in [7, 11) is 0. The summed E-state index contributed by atoms with van der Waals surface area (Å²) in [5.41, 5.74) is 7.95. The van der Waals surface area contributed by atoms with Gasteiger partial charge in [0.1, 0.15) is 11.5 Å². The van der Waals surface area contributed by atoms with E-state index in [1.807, 2.05) is 84.9 Å². The maximum atomic E-state index is 12.7. The third-order valence-electron chi connectivity index (χ3n) is 7.13. The van der Waals surface area contributed by atoms with E-state index in [0.717, 1.165) is 44.5 Å². The van der Waals surface area contributed by atoms with Gasteiger partial charge in [0.2, 0.25) is 0 Å². The van der Waals surface area contributed by atoms with Crippen LogP contribution in [0.5, 0.6) is 23.0 Å². The van der Waals surface area contributed by atoms with E-state index in [9.17, 15) is 10.2 Å². The first-order valence-electron chi connectivity index (χ1n) is 14.1. The molecule has 208 valence electrons. The van der Waals surface area contributed by atoms with Gasteiger partial charge in [-0.25, -0.2) is 0 Å². The topological polar surface area (TPSA) is 55.3 Å². The minimum absolute atomic E-state index is 0. The van der Waals surface area contributed by atoms with Crippen LogP contribution in [0.4, 0.5) is 0 Å². The Balaban J connectivity index is 0.00000230. The van der Waals surface area contributed by atoms with Crippen molar-refractivity contribution in [2.24, 2.45) is 0 Å². The molecule has 0 saturated heterocycles. The van der Waals surface area contributed by atoms with Gasteiger partial charge in [0.25, 0.3) is 0 Å². The first kappa shape index (κ1) is 35.3. The van der Waals surface area contributed by atoms with Crippen LogP contribution in [-0.4, -0.2) is 0 Å². The van der Waals surface area contributed by atoms with Gasteiger partial charge in [-0.3, -0.25) is 0 Å². The number of hydrogen-bond acceptors (Lipinski definition) is 3. The van der Waals surface area contributed by atoms with Gasteiger partial charge in [-0.2, -0.15) is 0 Å². The van der Waals surface area contributed by atoms with E-state index >= 15 is 0 Å². The number of benzene rings is 6. The summed E-state index contributed by atoms with van der Waals surface area (Å²) < 4.78 is 5.94. The SMILES string of the molecule is [K+].[K+].[O-]c1ccc(-c2ccc(/C=C/c3ccccc3)cc2)cc1Oc1cc(-c2ccc(/C=C/c3ccccc3)cc2)ccc1[O-]. The minimum atomic E-state index is -0.287. The molecule has 6 rings (SSSR count). The molecule has 0 aliphatic heterocycles. The maximum absolute atomic E-state index is 12.7. The Morgan fingerprint density at radius 3 is 1.02 bits per heavy atom. The van der Waals surface area contributed by atoms with Crippen molar-refractivity contribution in [3.8, 4) is 45.3 Å². The molecule has 45 heavy (non-hydrogen) atoms. The zero-order valence-electron chi connectivity index (χ0n) is 25.4. The van der Waals surface area contributed by atoms with Crippen molar-refractivity contribution < 1.29 is 118 Å². The molecule has 0 heterocycles. The molecule has 6 aromatic carbocycles. The third-order valence-corrected chi connectivity index (χ3v) is 7.13. The quantitative estimate of drug-likeness (QED) is 0.191. The van der Waals surface area contributed by atoms with Gasteiger partial charge < -0.3 is 14.9 Å². The van der Waals surface area contributed by atoms with Crippen molar-refractivity contribution >= 4 is 24.3 Å². The molecule has 0 aromatic heterocycles. The maximum Gasteiger partial charge on any atom is 1.00 e. The predicted molar refractivity (Wildman–Crippen MR) is 173 cm³/mol. The molecule has 0 spiro atoms. The van der Waals surface area contributed by atoms with Gasteiger partial charge >= 0.3 is 103 Å². The van der Waals surface area contributed by atoms with Crippen molar-refractivity contribution in [1.29, 1.82) is 0 Å². The van der Waals surface area contributed by atoms with Gasteiger partial charge in [-0.05, 0) is 56.6 Å². The molecule has 5 heteroatoms. The van der Waals surface area contributed by atoms with E-state index < -0.39 is 0 Å². The summed E-state index contributed by atoms with van der Waals surface area (Å²) in [6, 6.07) is 46.3. The average Bonchev–Trinajstić information content (AvgIpc) is 3.06. The molecule has 0 amide bonds. The molecule has 0 bridgehead atoms. The molecule has 0 atom stereocenters. The zero-order chi connectivity index (χ0) is 29.4. The largest absolute Gasteiger partial charge is 1.00 e. The van der Waals surface area contributed by atoms with Crippen LogP contribution in [0, 0.1) is 0 Å². The van der Waals surface area contributed by atoms with Crippen LogP contribution in [0.3, 0.4) is 0 Å². The molecule has 6 aromatic rings. The average molecular weight is 635 g/mol. The van der Waals surface area contributed by atoms with Crippen LogP contribution in [0.1, 0.15) is 22.3 Å². The standard InChI is InChI=1S/C40H30O3.2K/c41-37-25-23-35(33-19-15-31(16-20-33)13-11-29-7-3-1-4-8-29)27-39(37)43-40-28-36(24-26-38(40)42)34-21-17-32(18-22-34)14-12-30-9-5-2-6-10-30;;/h1-28,41-42H;;/q;2*+1/p-2/b13-11+,14-12+;;. The van der Waals surface area contributed by atoms with Crippen molar-refractivity contribution in [2.45, 2.75) is 0 Å². The van der Waals surface area contributed by atoms with Crippen LogP contribution in [0.15, 0.2) is 146 Å². The van der Waals surface area contributed by atoms with Gasteiger partial charge in [-0.1, -0.05) is 169 Å². The third kappa shape index (κ3) is 9.73. The number of ether oxygens (including phenoxy) is 1. The van der Waals surface area contributed by atoms with E-state index in [0.29, 0.717) is 0 Å². The van der Waals surface area contributed by atoms with Crippen LogP contribution in [-0.2, 0) is 0 Å². The molecule has 3 nitrogen and oxygen atoms in total. The molecule has 0 saturated carbocycles. The Morgan fingerprint density at radius 2 is 0.667 bits per heavy atom. The first-order valence-corrected chi connectivity index (χ1v) is 14.1. The van der Waals surface area contributed by atoms with Gasteiger partial charge in [-0.15, -0.1) is 0 Å². The van der Waals surface area contributed by atoms with Gasteiger partial charge in [0.15, 0.2) is 0 Å². The van der Waals surface area contributed by atoms with E-state index in [-0.39, 0.29) is 126 Å². The molecule has 0 N–H and O–H groups in total. The Hall–Kier alpha value is -2.53. The Morgan fingerprint density at radius 1 is 0.356 bits per heavy atom. The summed E-state index contributed by atoms with van der Waals surface area (Å²) in [5, 5.41) is 25.4. The number of rotatable bonds is 8. The Bertz CT molecular complexity index is 1740. The molecule has 0 aliphatic rings. The van der Waals surface area contributed by atoms with E-state index in [2.05, 4.69) is 48.6 Å². The normalized spacial score (nSPS) is 10.8. The van der Waals surface area contributed by atoms with Crippen LogP contribution < -0.4 is 118 Å². The molecular weight excluding hydrogens is 607 g/mol. The zero-order valence-corrected chi connectivity index (χ0v) is 31.6. The molecular formula is C40H28K2O3. The Kier molecular flexibility index (Phi) is 13.7. The second kappa shape index (κ2) is 17.4. The molecule has 0 radical (unpaired) electrons. The molecule has 0 fully saturated rings. The fourth-order valence-corrected chi connectivity index (χ4v) is 4.74. The van der Waals surface area contributed by atoms with E-state index in [1.54, 1.807) is 24.3 Å². The smallest absolute Gasteiger partial charge is 0.870 e. The van der Waals surface area contributed by atoms with Crippen molar-refractivity contribution in [2.75, 3.05) is 0 Å². The molecule has 0 aliphatic carbocycles. The van der Waals surface area contributed by atoms with Crippen LogP contribution >= 0.6 is 0 Å². The summed E-state index contributed by atoms with van der Waals surface area (Å²) in [5.74, 6) is -0.349. The fourth-order valence-electron chi connectivity index (χ4n) is 4.74. The first-order chi connectivity index (χ1) is 21.1. The summed E-state index contributed by atoms with van der Waals surface area (Å²) in [6.07, 6.45) is 8.26. The summed E-state index contributed by atoms with van der Waals surface area (Å²) in [4.78, 5) is 0. The second-order valence-corrected chi connectivity index (χ2v) is 10.2.